The van der Waals surface area contributed by atoms with Crippen molar-refractivity contribution in [3.05, 3.63) is 41.5 Å². The van der Waals surface area contributed by atoms with Gasteiger partial charge in [-0.1, -0.05) is 36.0 Å². The standard InChI is InChI=1S/C16H20N2O3S/c1-11-6-4-5-7-12(11)8-13(10-19)22-16-17-14(20-2)9-15(18-16)21-3/h4-7,9,13,19H,8,10H2,1-3H3. The zero-order valence-electron chi connectivity index (χ0n) is 12.9. The van der Waals surface area contributed by atoms with Crippen molar-refractivity contribution in [3.8, 4) is 11.8 Å². The molecule has 0 amide bonds. The number of rotatable bonds is 7. The van der Waals surface area contributed by atoms with Crippen molar-refractivity contribution in [2.45, 2.75) is 23.8 Å². The van der Waals surface area contributed by atoms with Crippen LogP contribution in [0.3, 0.4) is 0 Å². The maximum absolute atomic E-state index is 9.65. The van der Waals surface area contributed by atoms with Crippen LogP contribution < -0.4 is 9.47 Å². The van der Waals surface area contributed by atoms with Crippen molar-refractivity contribution in [2.75, 3.05) is 20.8 Å². The number of ether oxygens (including phenoxy) is 2. The molecule has 1 atom stereocenters. The van der Waals surface area contributed by atoms with E-state index in [0.29, 0.717) is 16.9 Å². The second-order valence-electron chi connectivity index (χ2n) is 4.79. The Morgan fingerprint density at radius 1 is 1.14 bits per heavy atom. The van der Waals surface area contributed by atoms with E-state index in [1.165, 1.54) is 22.9 Å². The molecule has 0 saturated heterocycles. The molecule has 22 heavy (non-hydrogen) atoms. The number of hydrogen-bond acceptors (Lipinski definition) is 6. The van der Waals surface area contributed by atoms with Crippen LogP contribution in [0.25, 0.3) is 0 Å². The molecule has 2 aromatic rings. The molecule has 0 aliphatic heterocycles. The van der Waals surface area contributed by atoms with Gasteiger partial charge in [0.15, 0.2) is 5.16 Å². The minimum atomic E-state index is -0.0297. The summed E-state index contributed by atoms with van der Waals surface area (Å²) in [6.07, 6.45) is 0.747. The van der Waals surface area contributed by atoms with Gasteiger partial charge < -0.3 is 14.6 Å². The van der Waals surface area contributed by atoms with Crippen LogP contribution in [0.2, 0.25) is 0 Å². The first kappa shape index (κ1) is 16.6. The number of aromatic nitrogens is 2. The van der Waals surface area contributed by atoms with E-state index >= 15 is 0 Å². The summed E-state index contributed by atoms with van der Waals surface area (Å²) in [5.74, 6) is 0.892. The first-order valence-electron chi connectivity index (χ1n) is 6.95. The number of nitrogens with zero attached hydrogens (tertiary/aromatic N) is 2. The third-order valence-electron chi connectivity index (χ3n) is 3.26. The highest BCUT2D eigenvalue weighted by Gasteiger charge is 2.15. The number of benzene rings is 1. The van der Waals surface area contributed by atoms with Crippen LogP contribution in [0.5, 0.6) is 11.8 Å². The summed E-state index contributed by atoms with van der Waals surface area (Å²) in [5, 5.41) is 10.2. The molecule has 118 valence electrons. The third-order valence-corrected chi connectivity index (χ3v) is 4.30. The highest BCUT2D eigenvalue weighted by atomic mass is 32.2. The Kier molecular flexibility index (Phi) is 6.03. The minimum Gasteiger partial charge on any atom is -0.481 e. The van der Waals surface area contributed by atoms with Crippen LogP contribution in [0.15, 0.2) is 35.5 Å². The van der Waals surface area contributed by atoms with E-state index in [1.807, 2.05) is 12.1 Å². The summed E-state index contributed by atoms with van der Waals surface area (Å²) in [5.41, 5.74) is 2.43. The van der Waals surface area contributed by atoms with E-state index in [1.54, 1.807) is 20.3 Å². The van der Waals surface area contributed by atoms with E-state index in [2.05, 4.69) is 29.0 Å². The molecule has 0 bridgehead atoms. The quantitative estimate of drug-likeness (QED) is 0.625. The smallest absolute Gasteiger partial charge is 0.220 e. The maximum Gasteiger partial charge on any atom is 0.220 e. The Morgan fingerprint density at radius 3 is 2.32 bits per heavy atom. The van der Waals surface area contributed by atoms with Gasteiger partial charge >= 0.3 is 0 Å². The molecule has 1 heterocycles. The molecule has 0 saturated carbocycles. The number of aryl methyl sites for hydroxylation is 1. The van der Waals surface area contributed by atoms with Crippen molar-refractivity contribution in [3.63, 3.8) is 0 Å². The van der Waals surface area contributed by atoms with Gasteiger partial charge in [-0.05, 0) is 24.5 Å². The lowest BCUT2D eigenvalue weighted by Gasteiger charge is -2.15. The topological polar surface area (TPSA) is 64.5 Å². The van der Waals surface area contributed by atoms with Crippen molar-refractivity contribution < 1.29 is 14.6 Å². The Morgan fingerprint density at radius 2 is 1.77 bits per heavy atom. The van der Waals surface area contributed by atoms with Gasteiger partial charge in [-0.3, -0.25) is 0 Å². The molecular weight excluding hydrogens is 300 g/mol. The molecule has 6 heteroatoms. The van der Waals surface area contributed by atoms with E-state index in [9.17, 15) is 5.11 Å². The first-order chi connectivity index (χ1) is 10.7. The van der Waals surface area contributed by atoms with Crippen LogP contribution in [0, 0.1) is 6.92 Å². The molecule has 1 N–H and O–H groups in total. The van der Waals surface area contributed by atoms with Gasteiger partial charge in [0.05, 0.1) is 26.9 Å². The van der Waals surface area contributed by atoms with Crippen molar-refractivity contribution in [1.82, 2.24) is 9.97 Å². The van der Waals surface area contributed by atoms with Crippen molar-refractivity contribution >= 4 is 11.8 Å². The van der Waals surface area contributed by atoms with Crippen molar-refractivity contribution in [2.24, 2.45) is 0 Å². The van der Waals surface area contributed by atoms with Crippen LogP contribution in [-0.2, 0) is 6.42 Å². The molecule has 0 fully saturated rings. The van der Waals surface area contributed by atoms with Gasteiger partial charge in [0.2, 0.25) is 11.8 Å². The molecule has 1 aromatic heterocycles. The van der Waals surface area contributed by atoms with Crippen LogP contribution >= 0.6 is 11.8 Å². The molecular formula is C16H20N2O3S. The van der Waals surface area contributed by atoms with Crippen LogP contribution in [-0.4, -0.2) is 41.2 Å². The Bertz CT molecular complexity index is 600. The number of aliphatic hydroxyl groups is 1. The predicted octanol–water partition coefficient (Wildman–Crippen LogP) is 2.50. The number of methoxy groups -OCH3 is 2. The summed E-state index contributed by atoms with van der Waals surface area (Å²) < 4.78 is 10.3. The molecule has 2 rings (SSSR count). The average molecular weight is 320 g/mol. The van der Waals surface area contributed by atoms with Crippen LogP contribution in [0.1, 0.15) is 11.1 Å². The lowest BCUT2D eigenvalue weighted by molar-refractivity contribution is 0.293. The highest BCUT2D eigenvalue weighted by molar-refractivity contribution is 7.99. The zero-order valence-corrected chi connectivity index (χ0v) is 13.8. The summed E-state index contributed by atoms with van der Waals surface area (Å²) in [7, 11) is 3.10. The zero-order chi connectivity index (χ0) is 15.9. The summed E-state index contributed by atoms with van der Waals surface area (Å²) in [6.45, 7) is 2.11. The van der Waals surface area contributed by atoms with Gasteiger partial charge in [-0.15, -0.1) is 0 Å². The Balaban J connectivity index is 2.14. The van der Waals surface area contributed by atoms with Gasteiger partial charge in [0.1, 0.15) is 0 Å². The number of hydrogen-bond donors (Lipinski definition) is 1. The third kappa shape index (κ3) is 4.35. The minimum absolute atomic E-state index is 0.0297. The van der Waals surface area contributed by atoms with E-state index in [-0.39, 0.29) is 11.9 Å². The lowest BCUT2D eigenvalue weighted by Crippen LogP contribution is -2.14. The lowest BCUT2D eigenvalue weighted by atomic mass is 10.0. The Hall–Kier alpha value is -1.79. The first-order valence-corrected chi connectivity index (χ1v) is 7.83. The largest absolute Gasteiger partial charge is 0.481 e. The maximum atomic E-state index is 9.65. The molecule has 0 spiro atoms. The monoisotopic (exact) mass is 320 g/mol. The van der Waals surface area contributed by atoms with E-state index in [0.717, 1.165) is 6.42 Å². The summed E-state index contributed by atoms with van der Waals surface area (Å²) in [6, 6.07) is 9.78. The van der Waals surface area contributed by atoms with Gasteiger partial charge in [-0.25, -0.2) is 0 Å². The van der Waals surface area contributed by atoms with Gasteiger partial charge in [-0.2, -0.15) is 9.97 Å². The van der Waals surface area contributed by atoms with E-state index < -0.39 is 0 Å². The second-order valence-corrected chi connectivity index (χ2v) is 6.06. The van der Waals surface area contributed by atoms with Crippen LogP contribution in [0.4, 0.5) is 0 Å². The summed E-state index contributed by atoms with van der Waals surface area (Å²) in [4.78, 5) is 8.58. The van der Waals surface area contributed by atoms with Gasteiger partial charge in [0, 0.05) is 5.25 Å². The number of aliphatic hydroxyl groups excluding tert-OH is 1. The van der Waals surface area contributed by atoms with Gasteiger partial charge in [0.25, 0.3) is 0 Å². The normalized spacial score (nSPS) is 12.0. The fraction of sp³-hybridized carbons (Fsp3) is 0.375. The molecule has 0 aliphatic carbocycles. The molecule has 5 nitrogen and oxygen atoms in total. The molecule has 1 unspecified atom stereocenters. The molecule has 0 aliphatic rings. The summed E-state index contributed by atoms with van der Waals surface area (Å²) >= 11 is 1.42. The van der Waals surface area contributed by atoms with E-state index in [4.69, 9.17) is 9.47 Å². The number of thioether (sulfide) groups is 1. The molecule has 1 aromatic carbocycles. The SMILES string of the molecule is COc1cc(OC)nc(SC(CO)Cc2ccccc2C)n1. The fourth-order valence-electron chi connectivity index (χ4n) is 2.02. The average Bonchev–Trinajstić information content (AvgIpc) is 2.55. The predicted molar refractivity (Wildman–Crippen MR) is 86.7 cm³/mol. The Labute approximate surface area is 134 Å². The van der Waals surface area contributed by atoms with Crippen molar-refractivity contribution in [1.29, 1.82) is 0 Å². The second kappa shape index (κ2) is 8.00. The molecule has 0 radical (unpaired) electrons. The fourth-order valence-corrected chi connectivity index (χ4v) is 2.94. The highest BCUT2D eigenvalue weighted by Crippen LogP contribution is 2.27.